The summed E-state index contributed by atoms with van der Waals surface area (Å²) in [7, 11) is 0. The summed E-state index contributed by atoms with van der Waals surface area (Å²) in [6.07, 6.45) is 4.99. The van der Waals surface area contributed by atoms with Crippen LogP contribution in [-0.2, 0) is 13.0 Å². The van der Waals surface area contributed by atoms with Crippen molar-refractivity contribution in [2.24, 2.45) is 0 Å². The zero-order valence-corrected chi connectivity index (χ0v) is 11.9. The summed E-state index contributed by atoms with van der Waals surface area (Å²) in [5, 5.41) is 7.81. The molecule has 1 aliphatic heterocycles. The van der Waals surface area contributed by atoms with E-state index >= 15 is 0 Å². The molecule has 0 saturated carbocycles. The molecule has 0 aliphatic carbocycles. The Bertz CT molecular complexity index is 728. The fourth-order valence-electron chi connectivity index (χ4n) is 2.80. The first kappa shape index (κ1) is 11.7. The molecule has 4 rings (SSSR count). The molecule has 2 aromatic heterocycles. The Morgan fingerprint density at radius 3 is 3.20 bits per heavy atom. The molecule has 0 saturated heterocycles. The van der Waals surface area contributed by atoms with E-state index in [1.54, 1.807) is 11.3 Å². The topological polar surface area (TPSA) is 29.9 Å². The van der Waals surface area contributed by atoms with Gasteiger partial charge in [-0.25, -0.2) is 4.98 Å². The van der Waals surface area contributed by atoms with Gasteiger partial charge in [-0.1, -0.05) is 18.2 Å². The Kier molecular flexibility index (Phi) is 2.81. The van der Waals surface area contributed by atoms with Crippen LogP contribution in [0.5, 0.6) is 0 Å². The Labute approximate surface area is 121 Å². The molecule has 1 aliphatic rings. The fourth-order valence-corrected chi connectivity index (χ4v) is 3.46. The molecule has 1 aromatic carbocycles. The summed E-state index contributed by atoms with van der Waals surface area (Å²) in [6.45, 7) is 1.91. The number of nitrogens with zero attached hydrogens (tertiary/aromatic N) is 2. The van der Waals surface area contributed by atoms with Crippen LogP contribution in [0.15, 0.2) is 47.5 Å². The summed E-state index contributed by atoms with van der Waals surface area (Å²) in [5.74, 6) is 0. The molecule has 0 atom stereocenters. The minimum Gasteiger partial charge on any atom is -0.384 e. The van der Waals surface area contributed by atoms with E-state index in [0.29, 0.717) is 0 Å². The van der Waals surface area contributed by atoms with Gasteiger partial charge in [-0.2, -0.15) is 11.3 Å². The largest absolute Gasteiger partial charge is 0.384 e. The van der Waals surface area contributed by atoms with Crippen molar-refractivity contribution >= 4 is 17.0 Å². The number of hydrogen-bond acceptors (Lipinski definition) is 3. The van der Waals surface area contributed by atoms with Crippen LogP contribution in [0.1, 0.15) is 11.1 Å². The van der Waals surface area contributed by atoms with Gasteiger partial charge in [-0.3, -0.25) is 0 Å². The molecule has 20 heavy (non-hydrogen) atoms. The van der Waals surface area contributed by atoms with Crippen LogP contribution in [0.2, 0.25) is 0 Å². The van der Waals surface area contributed by atoms with Gasteiger partial charge in [0, 0.05) is 24.3 Å². The lowest BCUT2D eigenvalue weighted by molar-refractivity contribution is 0.808. The smallest absolute Gasteiger partial charge is 0.0954 e. The fraction of sp³-hybridized carbons (Fsp3) is 0.188. The Morgan fingerprint density at radius 1 is 1.30 bits per heavy atom. The van der Waals surface area contributed by atoms with Gasteiger partial charge in [0.1, 0.15) is 0 Å². The van der Waals surface area contributed by atoms with Crippen LogP contribution < -0.4 is 5.32 Å². The van der Waals surface area contributed by atoms with Crippen LogP contribution in [0.3, 0.4) is 0 Å². The van der Waals surface area contributed by atoms with Gasteiger partial charge in [0.2, 0.25) is 0 Å². The highest BCUT2D eigenvalue weighted by atomic mass is 32.1. The molecule has 3 nitrogen and oxygen atoms in total. The monoisotopic (exact) mass is 281 g/mol. The molecule has 4 heteroatoms. The lowest BCUT2D eigenvalue weighted by Gasteiger charge is -2.11. The minimum atomic E-state index is 0.877. The summed E-state index contributed by atoms with van der Waals surface area (Å²) in [4.78, 5) is 4.34. The van der Waals surface area contributed by atoms with E-state index in [-0.39, 0.29) is 0 Å². The number of thiophene rings is 1. The summed E-state index contributed by atoms with van der Waals surface area (Å²) in [5.41, 5.74) is 6.45. The third kappa shape index (κ3) is 1.93. The number of fused-ring (bicyclic) bond motifs is 1. The molecular formula is C16H15N3S. The van der Waals surface area contributed by atoms with E-state index in [0.717, 1.165) is 19.5 Å². The second kappa shape index (κ2) is 4.80. The average Bonchev–Trinajstić information content (AvgIpc) is 3.19. The summed E-state index contributed by atoms with van der Waals surface area (Å²) >= 11 is 1.74. The molecule has 100 valence electrons. The predicted octanol–water partition coefficient (Wildman–Crippen LogP) is 3.63. The van der Waals surface area contributed by atoms with Crippen molar-refractivity contribution in [2.45, 2.75) is 13.0 Å². The quantitative estimate of drug-likeness (QED) is 0.794. The lowest BCUT2D eigenvalue weighted by atomic mass is 10.1. The van der Waals surface area contributed by atoms with Crippen molar-refractivity contribution in [3.8, 4) is 11.3 Å². The molecule has 0 radical (unpaired) electrons. The lowest BCUT2D eigenvalue weighted by Crippen LogP contribution is -2.01. The first-order chi connectivity index (χ1) is 9.92. The van der Waals surface area contributed by atoms with Gasteiger partial charge in [-0.15, -0.1) is 0 Å². The first-order valence-corrected chi connectivity index (χ1v) is 7.73. The SMILES string of the molecule is c1cc2c(c(-c3cncn3Cc3ccsc3)c1)NCC2. The number of imidazole rings is 1. The molecule has 1 N–H and O–H groups in total. The molecule has 0 unspecified atom stereocenters. The number of benzene rings is 1. The number of rotatable bonds is 3. The van der Waals surface area contributed by atoms with E-state index in [9.17, 15) is 0 Å². The maximum atomic E-state index is 4.34. The highest BCUT2D eigenvalue weighted by Crippen LogP contribution is 2.34. The van der Waals surface area contributed by atoms with E-state index in [2.05, 4.69) is 49.9 Å². The Hall–Kier alpha value is -2.07. The van der Waals surface area contributed by atoms with Crippen LogP contribution in [0.4, 0.5) is 5.69 Å². The second-order valence-corrected chi connectivity index (χ2v) is 5.83. The van der Waals surface area contributed by atoms with Gasteiger partial charge in [-0.05, 0) is 34.4 Å². The number of hydrogen-bond donors (Lipinski definition) is 1. The van der Waals surface area contributed by atoms with E-state index in [4.69, 9.17) is 0 Å². The molecule has 0 amide bonds. The second-order valence-electron chi connectivity index (χ2n) is 5.05. The minimum absolute atomic E-state index is 0.877. The van der Waals surface area contributed by atoms with Gasteiger partial charge in [0.15, 0.2) is 0 Å². The average molecular weight is 281 g/mol. The van der Waals surface area contributed by atoms with Crippen LogP contribution in [0.25, 0.3) is 11.3 Å². The predicted molar refractivity (Wildman–Crippen MR) is 83.3 cm³/mol. The van der Waals surface area contributed by atoms with Crippen molar-refractivity contribution in [3.63, 3.8) is 0 Å². The summed E-state index contributed by atoms with van der Waals surface area (Å²) < 4.78 is 2.22. The van der Waals surface area contributed by atoms with Crippen molar-refractivity contribution < 1.29 is 0 Å². The number of aromatic nitrogens is 2. The van der Waals surface area contributed by atoms with E-state index in [1.165, 1.54) is 28.1 Å². The zero-order valence-electron chi connectivity index (χ0n) is 11.0. The third-order valence-corrected chi connectivity index (χ3v) is 4.50. The van der Waals surface area contributed by atoms with Gasteiger partial charge >= 0.3 is 0 Å². The van der Waals surface area contributed by atoms with Crippen molar-refractivity contribution in [1.29, 1.82) is 0 Å². The normalized spacial score (nSPS) is 13.2. The standard InChI is InChI=1S/C16H15N3S/c1-2-13-4-6-18-16(13)14(3-1)15-8-17-11-19(15)9-12-5-7-20-10-12/h1-3,5,7-8,10-11,18H,4,6,9H2. The number of nitrogens with one attached hydrogen (secondary N) is 1. The highest BCUT2D eigenvalue weighted by molar-refractivity contribution is 7.07. The first-order valence-electron chi connectivity index (χ1n) is 6.79. The third-order valence-electron chi connectivity index (χ3n) is 3.77. The van der Waals surface area contributed by atoms with Crippen molar-refractivity contribution in [3.05, 3.63) is 58.7 Å². The molecular weight excluding hydrogens is 266 g/mol. The molecule has 0 bridgehead atoms. The Morgan fingerprint density at radius 2 is 2.30 bits per heavy atom. The Balaban J connectivity index is 1.77. The van der Waals surface area contributed by atoms with Gasteiger partial charge in [0.25, 0.3) is 0 Å². The molecule has 3 heterocycles. The molecule has 3 aromatic rings. The van der Waals surface area contributed by atoms with Crippen LogP contribution >= 0.6 is 11.3 Å². The van der Waals surface area contributed by atoms with Gasteiger partial charge in [0.05, 0.1) is 18.2 Å². The summed E-state index contributed by atoms with van der Waals surface area (Å²) in [6, 6.07) is 8.70. The number of anilines is 1. The zero-order chi connectivity index (χ0) is 13.4. The van der Waals surface area contributed by atoms with E-state index < -0.39 is 0 Å². The van der Waals surface area contributed by atoms with Crippen molar-refractivity contribution in [1.82, 2.24) is 9.55 Å². The maximum Gasteiger partial charge on any atom is 0.0954 e. The molecule has 0 spiro atoms. The van der Waals surface area contributed by atoms with Crippen LogP contribution in [0, 0.1) is 0 Å². The van der Waals surface area contributed by atoms with E-state index in [1.807, 2.05) is 12.5 Å². The molecule has 0 fully saturated rings. The maximum absolute atomic E-state index is 4.34. The van der Waals surface area contributed by atoms with Gasteiger partial charge < -0.3 is 9.88 Å². The highest BCUT2D eigenvalue weighted by Gasteiger charge is 2.17. The van der Waals surface area contributed by atoms with Crippen LogP contribution in [-0.4, -0.2) is 16.1 Å². The van der Waals surface area contributed by atoms with Crippen molar-refractivity contribution in [2.75, 3.05) is 11.9 Å². The number of para-hydroxylation sites is 1.